The van der Waals surface area contributed by atoms with Crippen LogP contribution < -0.4 is 0 Å². The maximum Gasteiger partial charge on any atom is 0.00722 e. The highest BCUT2D eigenvalue weighted by Gasteiger charge is 2.12. The molecule has 0 aromatic heterocycles. The van der Waals surface area contributed by atoms with Gasteiger partial charge < -0.3 is 0 Å². The van der Waals surface area contributed by atoms with Crippen LogP contribution in [0.3, 0.4) is 0 Å². The first-order valence-corrected chi connectivity index (χ1v) is 8.28. The quantitative estimate of drug-likeness (QED) is 0.543. The third kappa shape index (κ3) is 4.42. The van der Waals surface area contributed by atoms with Gasteiger partial charge in [0.15, 0.2) is 0 Å². The molecule has 0 radical (unpaired) electrons. The molecule has 0 nitrogen and oxygen atoms in total. The van der Waals surface area contributed by atoms with Crippen molar-refractivity contribution in [3.63, 3.8) is 0 Å². The van der Waals surface area contributed by atoms with Crippen molar-refractivity contribution in [2.75, 3.05) is 11.5 Å². The lowest BCUT2D eigenvalue weighted by Crippen LogP contribution is -2.09. The molecule has 1 fully saturated rings. The first-order valence-electron chi connectivity index (χ1n) is 6.24. The van der Waals surface area contributed by atoms with E-state index in [0.717, 1.165) is 5.25 Å². The molecule has 0 heterocycles. The Bertz CT molecular complexity index is 278. The van der Waals surface area contributed by atoms with E-state index in [-0.39, 0.29) is 0 Å². The smallest absolute Gasteiger partial charge is 0.00722 e. The molecule has 0 N–H and O–H groups in total. The minimum Gasteiger partial charge on any atom is -0.158 e. The van der Waals surface area contributed by atoms with Crippen molar-refractivity contribution in [1.29, 1.82) is 0 Å². The van der Waals surface area contributed by atoms with Crippen LogP contribution >= 0.6 is 23.5 Å². The van der Waals surface area contributed by atoms with Crippen molar-refractivity contribution >= 4 is 23.5 Å². The van der Waals surface area contributed by atoms with Gasteiger partial charge in [-0.1, -0.05) is 37.5 Å². The molecule has 1 aliphatic carbocycles. The average molecular weight is 252 g/mol. The zero-order chi connectivity index (χ0) is 11.1. The third-order valence-corrected chi connectivity index (χ3v) is 5.66. The Kier molecular flexibility index (Phi) is 5.64. The Hall–Kier alpha value is -0.0800. The van der Waals surface area contributed by atoms with Crippen LogP contribution in [-0.4, -0.2) is 16.8 Å². The van der Waals surface area contributed by atoms with Gasteiger partial charge in [-0.25, -0.2) is 0 Å². The van der Waals surface area contributed by atoms with Crippen molar-refractivity contribution in [2.24, 2.45) is 0 Å². The molecule has 0 bridgehead atoms. The highest BCUT2D eigenvalue weighted by molar-refractivity contribution is 8.03. The van der Waals surface area contributed by atoms with E-state index in [9.17, 15) is 0 Å². The highest BCUT2D eigenvalue weighted by Crippen LogP contribution is 2.29. The summed E-state index contributed by atoms with van der Waals surface area (Å²) in [6.45, 7) is 0. The summed E-state index contributed by atoms with van der Waals surface area (Å²) in [5.74, 6) is 2.56. The van der Waals surface area contributed by atoms with Gasteiger partial charge in [0.25, 0.3) is 0 Å². The summed E-state index contributed by atoms with van der Waals surface area (Å²) in [5, 5.41) is 0.963. The Morgan fingerprint density at radius 3 is 2.44 bits per heavy atom. The lowest BCUT2D eigenvalue weighted by atomic mass is 10.0. The zero-order valence-electron chi connectivity index (χ0n) is 9.73. The molecule has 2 heteroatoms. The van der Waals surface area contributed by atoms with Gasteiger partial charge in [-0.2, -0.15) is 11.8 Å². The Morgan fingerprint density at radius 2 is 1.69 bits per heavy atom. The molecule has 0 unspecified atom stereocenters. The molecular weight excluding hydrogens is 232 g/mol. The van der Waals surface area contributed by atoms with E-state index in [4.69, 9.17) is 0 Å². The summed E-state index contributed by atoms with van der Waals surface area (Å²) >= 11 is 4.18. The predicted molar refractivity (Wildman–Crippen MR) is 76.5 cm³/mol. The largest absolute Gasteiger partial charge is 0.158 e. The Morgan fingerprint density at radius 1 is 0.938 bits per heavy atom. The summed E-state index contributed by atoms with van der Waals surface area (Å²) in [6.07, 6.45) is 7.31. The van der Waals surface area contributed by atoms with Gasteiger partial charge in [0.05, 0.1) is 0 Å². The van der Waals surface area contributed by atoms with E-state index in [1.165, 1.54) is 48.5 Å². The van der Waals surface area contributed by atoms with Crippen LogP contribution in [0.2, 0.25) is 0 Å². The van der Waals surface area contributed by atoms with E-state index in [0.29, 0.717) is 0 Å². The molecule has 2 rings (SSSR count). The first-order chi connectivity index (χ1) is 7.95. The maximum atomic E-state index is 2.20. The molecule has 0 spiro atoms. The molecule has 0 aliphatic heterocycles. The first kappa shape index (κ1) is 12.4. The Labute approximate surface area is 108 Å². The van der Waals surface area contributed by atoms with Crippen LogP contribution in [0.1, 0.15) is 32.1 Å². The van der Waals surface area contributed by atoms with Crippen molar-refractivity contribution in [2.45, 2.75) is 42.2 Å². The molecule has 1 saturated carbocycles. The van der Waals surface area contributed by atoms with Crippen molar-refractivity contribution in [3.8, 4) is 0 Å². The number of benzene rings is 1. The predicted octanol–water partition coefficient (Wildman–Crippen LogP) is 4.84. The van der Waals surface area contributed by atoms with Gasteiger partial charge in [-0.05, 0) is 25.0 Å². The summed E-state index contributed by atoms with van der Waals surface area (Å²) < 4.78 is 0. The van der Waals surface area contributed by atoms with Crippen LogP contribution in [0, 0.1) is 0 Å². The number of rotatable bonds is 5. The van der Waals surface area contributed by atoms with Crippen molar-refractivity contribution in [3.05, 3.63) is 30.3 Å². The van der Waals surface area contributed by atoms with Crippen LogP contribution in [-0.2, 0) is 0 Å². The summed E-state index contributed by atoms with van der Waals surface area (Å²) in [7, 11) is 0. The van der Waals surface area contributed by atoms with Crippen molar-refractivity contribution in [1.82, 2.24) is 0 Å². The van der Waals surface area contributed by atoms with E-state index in [1.54, 1.807) is 0 Å². The molecule has 1 aromatic carbocycles. The van der Waals surface area contributed by atoms with Gasteiger partial charge in [0.1, 0.15) is 0 Å². The molecule has 1 aromatic rings. The van der Waals surface area contributed by atoms with Crippen LogP contribution in [0.25, 0.3) is 0 Å². The van der Waals surface area contributed by atoms with E-state index in [1.807, 2.05) is 11.8 Å². The number of thioether (sulfide) groups is 2. The highest BCUT2D eigenvalue weighted by atomic mass is 32.2. The molecule has 88 valence electrons. The fraction of sp³-hybridized carbons (Fsp3) is 0.571. The standard InChI is InChI=1S/C14H20S2/c1-3-7-13(8-4-1)15-11-12-16-14-9-5-2-6-10-14/h1,3-4,7-8,14H,2,5-6,9-12H2. The topological polar surface area (TPSA) is 0 Å². The molecule has 0 amide bonds. The molecule has 0 saturated heterocycles. The number of hydrogen-bond acceptors (Lipinski definition) is 2. The Balaban J connectivity index is 1.58. The van der Waals surface area contributed by atoms with Gasteiger partial charge in [0.2, 0.25) is 0 Å². The molecule has 16 heavy (non-hydrogen) atoms. The van der Waals surface area contributed by atoms with Crippen LogP contribution in [0.4, 0.5) is 0 Å². The molecular formula is C14H20S2. The lowest BCUT2D eigenvalue weighted by Gasteiger charge is -2.20. The maximum absolute atomic E-state index is 2.20. The van der Waals surface area contributed by atoms with E-state index < -0.39 is 0 Å². The van der Waals surface area contributed by atoms with E-state index in [2.05, 4.69) is 42.1 Å². The molecule has 0 atom stereocenters. The average Bonchev–Trinajstić information content (AvgIpc) is 2.37. The second-order valence-corrected chi connectivity index (χ2v) is 6.87. The fourth-order valence-electron chi connectivity index (χ4n) is 2.12. The van der Waals surface area contributed by atoms with Crippen LogP contribution in [0.5, 0.6) is 0 Å². The van der Waals surface area contributed by atoms with Crippen LogP contribution in [0.15, 0.2) is 35.2 Å². The normalized spacial score (nSPS) is 17.5. The number of hydrogen-bond donors (Lipinski definition) is 0. The SMILES string of the molecule is c1ccc(SCCSC2CCCCC2)cc1. The second kappa shape index (κ2) is 7.29. The van der Waals surface area contributed by atoms with Crippen molar-refractivity contribution < 1.29 is 0 Å². The summed E-state index contributed by atoms with van der Waals surface area (Å²) in [6, 6.07) is 10.7. The lowest BCUT2D eigenvalue weighted by molar-refractivity contribution is 0.516. The molecule has 1 aliphatic rings. The van der Waals surface area contributed by atoms with E-state index >= 15 is 0 Å². The monoisotopic (exact) mass is 252 g/mol. The van der Waals surface area contributed by atoms with Gasteiger partial charge in [0, 0.05) is 21.7 Å². The zero-order valence-corrected chi connectivity index (χ0v) is 11.4. The van der Waals surface area contributed by atoms with Gasteiger partial charge in [-0.15, -0.1) is 11.8 Å². The second-order valence-electron chi connectivity index (χ2n) is 4.29. The van der Waals surface area contributed by atoms with Gasteiger partial charge >= 0.3 is 0 Å². The minimum absolute atomic E-state index is 0.963. The third-order valence-electron chi connectivity index (χ3n) is 3.00. The van der Waals surface area contributed by atoms with Gasteiger partial charge in [-0.3, -0.25) is 0 Å². The summed E-state index contributed by atoms with van der Waals surface area (Å²) in [5.41, 5.74) is 0. The summed E-state index contributed by atoms with van der Waals surface area (Å²) in [4.78, 5) is 1.41. The fourth-order valence-corrected chi connectivity index (χ4v) is 4.43. The minimum atomic E-state index is 0.963.